The number of methoxy groups -OCH3 is 1. The highest BCUT2D eigenvalue weighted by Gasteiger charge is 2.42. The summed E-state index contributed by atoms with van der Waals surface area (Å²) in [7, 11) is 1.71. The first-order valence-electron chi connectivity index (χ1n) is 17.6. The highest BCUT2D eigenvalue weighted by molar-refractivity contribution is 5.67. The van der Waals surface area contributed by atoms with Gasteiger partial charge in [0.15, 0.2) is 0 Å². The van der Waals surface area contributed by atoms with Crippen LogP contribution >= 0.6 is 0 Å². The van der Waals surface area contributed by atoms with Crippen LogP contribution < -0.4 is 14.8 Å². The predicted molar refractivity (Wildman–Crippen MR) is 183 cm³/mol. The van der Waals surface area contributed by atoms with Crippen molar-refractivity contribution in [3.8, 4) is 28.8 Å². The van der Waals surface area contributed by atoms with Crippen LogP contribution in [-0.2, 0) is 16.0 Å². The van der Waals surface area contributed by atoms with E-state index >= 15 is 0 Å². The second kappa shape index (κ2) is 15.5. The maximum atomic E-state index is 9.68. The van der Waals surface area contributed by atoms with Crippen molar-refractivity contribution in [1.82, 2.24) is 44.9 Å². The molecule has 1 saturated carbocycles. The number of hydrogen-bond donors (Lipinski definition) is 1. The monoisotopic (exact) mass is 683 g/mol. The van der Waals surface area contributed by atoms with Gasteiger partial charge in [-0.05, 0) is 80.5 Å². The third kappa shape index (κ3) is 7.72. The summed E-state index contributed by atoms with van der Waals surface area (Å²) >= 11 is 0. The van der Waals surface area contributed by atoms with Crippen molar-refractivity contribution < 1.29 is 18.9 Å². The zero-order valence-corrected chi connectivity index (χ0v) is 28.9. The van der Waals surface area contributed by atoms with E-state index in [1.165, 1.54) is 19.2 Å². The zero-order chi connectivity index (χ0) is 34.5. The summed E-state index contributed by atoms with van der Waals surface area (Å²) in [5.41, 5.74) is 2.76. The minimum absolute atomic E-state index is 0.0810. The zero-order valence-electron chi connectivity index (χ0n) is 28.9. The lowest BCUT2D eigenvalue weighted by atomic mass is 9.89. The fourth-order valence-corrected chi connectivity index (χ4v) is 7.41. The number of morpholine rings is 1. The van der Waals surface area contributed by atoms with Gasteiger partial charge in [-0.3, -0.25) is 9.58 Å². The normalized spacial score (nSPS) is 23.2. The summed E-state index contributed by atoms with van der Waals surface area (Å²) in [6.45, 7) is 6.59. The van der Waals surface area contributed by atoms with Crippen molar-refractivity contribution >= 4 is 11.6 Å². The molecule has 2 saturated heterocycles. The van der Waals surface area contributed by atoms with E-state index in [4.69, 9.17) is 24.0 Å². The Kier molecular flexibility index (Phi) is 10.5. The largest absolute Gasteiger partial charge is 0.487 e. The molecule has 0 amide bonds. The summed E-state index contributed by atoms with van der Waals surface area (Å²) in [4.78, 5) is 12.0. The van der Waals surface area contributed by atoms with Gasteiger partial charge in [-0.25, -0.2) is 14.6 Å². The van der Waals surface area contributed by atoms with Crippen LogP contribution in [0.25, 0.3) is 11.1 Å². The van der Waals surface area contributed by atoms with E-state index in [0.717, 1.165) is 62.1 Å². The molecule has 1 N–H and O–H groups in total. The molecule has 1 aromatic carbocycles. The average Bonchev–Trinajstić information content (AvgIpc) is 3.86. The lowest BCUT2D eigenvalue weighted by Gasteiger charge is -2.43. The molecule has 4 atom stereocenters. The van der Waals surface area contributed by atoms with Crippen molar-refractivity contribution in [1.29, 1.82) is 5.26 Å². The van der Waals surface area contributed by atoms with Crippen LogP contribution in [0, 0.1) is 11.3 Å². The number of hydrogen-bond acceptors (Lipinski definition) is 13. The highest BCUT2D eigenvalue weighted by atomic mass is 16.5. The van der Waals surface area contributed by atoms with Gasteiger partial charge in [0.2, 0.25) is 5.95 Å². The van der Waals surface area contributed by atoms with Crippen molar-refractivity contribution in [2.24, 2.45) is 0 Å². The van der Waals surface area contributed by atoms with Crippen LogP contribution in [0.4, 0.5) is 11.6 Å². The summed E-state index contributed by atoms with van der Waals surface area (Å²) in [5.74, 6) is 1.42. The van der Waals surface area contributed by atoms with Crippen LogP contribution in [0.1, 0.15) is 70.4 Å². The van der Waals surface area contributed by atoms with Gasteiger partial charge in [-0.15, -0.1) is 10.2 Å². The molecule has 0 spiro atoms. The molecule has 0 radical (unpaired) electrons. The topological polar surface area (TPSA) is 163 Å². The van der Waals surface area contributed by atoms with Gasteiger partial charge in [-0.2, -0.15) is 5.26 Å². The van der Waals surface area contributed by atoms with E-state index in [9.17, 15) is 5.26 Å². The van der Waals surface area contributed by atoms with E-state index < -0.39 is 0 Å². The van der Waals surface area contributed by atoms with Gasteiger partial charge in [0.1, 0.15) is 29.9 Å². The number of nitriles is 1. The third-order valence-electron chi connectivity index (χ3n) is 10.1. The summed E-state index contributed by atoms with van der Waals surface area (Å²) in [6.07, 6.45) is 14.6. The van der Waals surface area contributed by atoms with Crippen molar-refractivity contribution in [3.05, 3.63) is 48.7 Å². The first-order chi connectivity index (χ1) is 24.5. The molecular formula is C35H45N11O4. The predicted octanol–water partition coefficient (Wildman–Crippen LogP) is 4.56. The summed E-state index contributed by atoms with van der Waals surface area (Å²) < 4.78 is 27.2. The molecule has 3 fully saturated rings. The molecule has 2 unspecified atom stereocenters. The van der Waals surface area contributed by atoms with E-state index in [1.807, 2.05) is 32.2 Å². The standard InChI is InChI=1S/C35H45N11O4/c1-23(47-3)12-13-49-34-32(19-45(41-34)28-6-8-29(9-7-28)46-30-10-11-31(46)21-48-20-30)40-35-37-16-27(17-38-35)25-4-5-26(15-36)33(14-25)50-24(2)18-44-22-39-42-43-44/h4-5,14,16-17,19,22-24,28-31H,6-13,18,20-21H2,1-3H3,(H,37,38,40)/t23?,24?,28?,29?,30-,31+. The molecule has 5 heterocycles. The van der Waals surface area contributed by atoms with Crippen LogP contribution in [-0.4, -0.2) is 102 Å². The lowest BCUT2D eigenvalue weighted by Crippen LogP contribution is -2.52. The van der Waals surface area contributed by atoms with Crippen LogP contribution in [0.5, 0.6) is 11.6 Å². The molecule has 7 rings (SSSR count). The van der Waals surface area contributed by atoms with Crippen molar-refractivity contribution in [2.75, 3.05) is 32.2 Å². The van der Waals surface area contributed by atoms with Gasteiger partial charge >= 0.3 is 0 Å². The summed E-state index contributed by atoms with van der Waals surface area (Å²) in [5, 5.41) is 29.2. The fraction of sp³-hybridized carbons (Fsp3) is 0.571. The Balaban J connectivity index is 1.03. The maximum absolute atomic E-state index is 9.68. The first-order valence-corrected chi connectivity index (χ1v) is 17.6. The molecule has 3 aromatic heterocycles. The van der Waals surface area contributed by atoms with E-state index in [1.54, 1.807) is 30.3 Å². The van der Waals surface area contributed by atoms with E-state index in [-0.39, 0.29) is 12.2 Å². The molecule has 2 aliphatic heterocycles. The van der Waals surface area contributed by atoms with Gasteiger partial charge in [0, 0.05) is 49.6 Å². The van der Waals surface area contributed by atoms with Crippen molar-refractivity contribution in [3.63, 3.8) is 0 Å². The van der Waals surface area contributed by atoms with Crippen LogP contribution in [0.15, 0.2) is 43.1 Å². The first kappa shape index (κ1) is 33.8. The minimum atomic E-state index is -0.270. The highest BCUT2D eigenvalue weighted by Crippen LogP contribution is 2.39. The number of aromatic nitrogens is 8. The number of nitrogens with one attached hydrogen (secondary N) is 1. The SMILES string of the molecule is COC(C)CCOc1nn(C2CCC(N3[C@@H]4CC[C@H]3COC4)CC2)cc1Nc1ncc(-c2ccc(C#N)c(OC(C)Cn3cnnn3)c2)cn1. The molecule has 15 nitrogen and oxygen atoms in total. The Morgan fingerprint density at radius 1 is 0.980 bits per heavy atom. The number of ether oxygens (including phenoxy) is 4. The molecule has 1 aliphatic carbocycles. The van der Waals surface area contributed by atoms with Gasteiger partial charge in [0.25, 0.3) is 5.88 Å². The molecule has 15 heteroatoms. The Bertz CT molecular complexity index is 1720. The van der Waals surface area contributed by atoms with Crippen LogP contribution in [0.3, 0.4) is 0 Å². The quantitative estimate of drug-likeness (QED) is 0.197. The maximum Gasteiger partial charge on any atom is 0.256 e. The number of benzene rings is 1. The molecule has 50 heavy (non-hydrogen) atoms. The molecular weight excluding hydrogens is 638 g/mol. The smallest absolute Gasteiger partial charge is 0.256 e. The van der Waals surface area contributed by atoms with Gasteiger partial charge in [-0.1, -0.05) is 6.07 Å². The molecule has 3 aliphatic rings. The fourth-order valence-electron chi connectivity index (χ4n) is 7.41. The van der Waals surface area contributed by atoms with Crippen LogP contribution in [0.2, 0.25) is 0 Å². The number of anilines is 2. The van der Waals surface area contributed by atoms with Gasteiger partial charge in [0.05, 0.1) is 50.3 Å². The number of nitrogens with zero attached hydrogens (tertiary/aromatic N) is 10. The Labute approximate surface area is 291 Å². The van der Waals surface area contributed by atoms with E-state index in [2.05, 4.69) is 46.5 Å². The molecule has 2 bridgehead atoms. The summed E-state index contributed by atoms with van der Waals surface area (Å²) in [6, 6.07) is 9.72. The molecule has 4 aromatic rings. The van der Waals surface area contributed by atoms with Gasteiger partial charge < -0.3 is 24.3 Å². The average molecular weight is 684 g/mol. The second-order valence-electron chi connectivity index (χ2n) is 13.5. The van der Waals surface area contributed by atoms with E-state index in [0.29, 0.717) is 60.5 Å². The number of rotatable bonds is 14. The lowest BCUT2D eigenvalue weighted by molar-refractivity contribution is -0.0458. The van der Waals surface area contributed by atoms with Crippen molar-refractivity contribution in [2.45, 2.75) is 102 Å². The minimum Gasteiger partial charge on any atom is -0.487 e. The third-order valence-corrected chi connectivity index (χ3v) is 10.1. The number of fused-ring (bicyclic) bond motifs is 2. The molecule has 264 valence electrons. The second-order valence-corrected chi connectivity index (χ2v) is 13.5. The Hall–Kier alpha value is -4.65. The number of tetrazole rings is 1. The Morgan fingerprint density at radius 2 is 1.72 bits per heavy atom. The Morgan fingerprint density at radius 3 is 2.42 bits per heavy atom.